The second-order valence-corrected chi connectivity index (χ2v) is 7.11. The molecule has 1 fully saturated rings. The lowest BCUT2D eigenvalue weighted by atomic mass is 10.1. The second kappa shape index (κ2) is 6.10. The third kappa shape index (κ3) is 2.81. The van der Waals surface area contributed by atoms with Crippen molar-refractivity contribution in [2.45, 2.75) is 11.3 Å². The van der Waals surface area contributed by atoms with Crippen molar-refractivity contribution in [1.29, 1.82) is 5.26 Å². The Kier molecular flexibility index (Phi) is 4.66. The van der Waals surface area contributed by atoms with E-state index in [0.717, 1.165) is 13.0 Å². The third-order valence-corrected chi connectivity index (χ3v) is 5.67. The molecule has 7 heteroatoms. The molecule has 1 aliphatic rings. The molecule has 1 saturated heterocycles. The van der Waals surface area contributed by atoms with Crippen LogP contribution in [0.5, 0.6) is 0 Å². The molecule has 1 aromatic rings. The average Bonchev–Trinajstić information content (AvgIpc) is 2.88. The van der Waals surface area contributed by atoms with Crippen LogP contribution in [0.15, 0.2) is 23.1 Å². The van der Waals surface area contributed by atoms with E-state index in [4.69, 9.17) is 16.9 Å². The summed E-state index contributed by atoms with van der Waals surface area (Å²) in [4.78, 5) is -0.00222. The number of rotatable bonds is 4. The van der Waals surface area contributed by atoms with Gasteiger partial charge in [0.2, 0.25) is 10.0 Å². The van der Waals surface area contributed by atoms with Crippen LogP contribution in [0.25, 0.3) is 0 Å². The SMILES string of the molecule is CNCC1CCN(S(=O)(=O)c2cccc(Cl)c2C#N)C1. The molecule has 5 nitrogen and oxygen atoms in total. The predicted molar refractivity (Wildman–Crippen MR) is 77.0 cm³/mol. The van der Waals surface area contributed by atoms with Crippen molar-refractivity contribution in [3.05, 3.63) is 28.8 Å². The molecule has 108 valence electrons. The second-order valence-electron chi connectivity index (χ2n) is 4.80. The number of sulfonamides is 1. The highest BCUT2D eigenvalue weighted by Crippen LogP contribution is 2.29. The molecule has 0 amide bonds. The summed E-state index contributed by atoms with van der Waals surface area (Å²) < 4.78 is 26.7. The van der Waals surface area contributed by atoms with Crippen molar-refractivity contribution in [2.24, 2.45) is 5.92 Å². The Balaban J connectivity index is 2.33. The van der Waals surface area contributed by atoms with Gasteiger partial charge >= 0.3 is 0 Å². The molecule has 1 N–H and O–H groups in total. The van der Waals surface area contributed by atoms with Crippen molar-refractivity contribution in [3.63, 3.8) is 0 Å². The summed E-state index contributed by atoms with van der Waals surface area (Å²) in [6.45, 7) is 1.74. The quantitative estimate of drug-likeness (QED) is 0.913. The summed E-state index contributed by atoms with van der Waals surface area (Å²) in [5, 5.41) is 12.3. The van der Waals surface area contributed by atoms with Crippen LogP contribution < -0.4 is 5.32 Å². The highest BCUT2D eigenvalue weighted by atomic mass is 35.5. The molecule has 0 radical (unpaired) electrons. The van der Waals surface area contributed by atoms with Crippen LogP contribution in [-0.4, -0.2) is 39.4 Å². The minimum absolute atomic E-state index is 0.00222. The summed E-state index contributed by atoms with van der Waals surface area (Å²) in [7, 11) is -1.81. The first-order chi connectivity index (χ1) is 9.50. The monoisotopic (exact) mass is 313 g/mol. The first-order valence-corrected chi connectivity index (χ1v) is 8.16. The zero-order valence-electron chi connectivity index (χ0n) is 11.1. The lowest BCUT2D eigenvalue weighted by Gasteiger charge is -2.17. The Morgan fingerprint density at radius 3 is 2.95 bits per heavy atom. The highest BCUT2D eigenvalue weighted by molar-refractivity contribution is 7.89. The normalized spacial score (nSPS) is 19.9. The van der Waals surface area contributed by atoms with Crippen molar-refractivity contribution >= 4 is 21.6 Å². The molecular weight excluding hydrogens is 298 g/mol. The first kappa shape index (κ1) is 15.3. The van der Waals surface area contributed by atoms with E-state index >= 15 is 0 Å². The molecule has 2 rings (SSSR count). The van der Waals surface area contributed by atoms with Crippen LogP contribution in [0.2, 0.25) is 5.02 Å². The number of benzene rings is 1. The Morgan fingerprint density at radius 1 is 1.55 bits per heavy atom. The topological polar surface area (TPSA) is 73.2 Å². The van der Waals surface area contributed by atoms with E-state index < -0.39 is 10.0 Å². The Hall–Kier alpha value is -1.13. The molecule has 0 spiro atoms. The van der Waals surface area contributed by atoms with E-state index in [1.165, 1.54) is 16.4 Å². The molecule has 20 heavy (non-hydrogen) atoms. The van der Waals surface area contributed by atoms with E-state index in [1.54, 1.807) is 6.07 Å². The fourth-order valence-electron chi connectivity index (χ4n) is 2.44. The number of nitriles is 1. The summed E-state index contributed by atoms with van der Waals surface area (Å²) >= 11 is 5.91. The zero-order valence-corrected chi connectivity index (χ0v) is 12.7. The minimum atomic E-state index is -3.66. The van der Waals surface area contributed by atoms with Crippen molar-refractivity contribution < 1.29 is 8.42 Å². The number of hydrogen-bond donors (Lipinski definition) is 1. The van der Waals surface area contributed by atoms with Crippen LogP contribution in [0.1, 0.15) is 12.0 Å². The fraction of sp³-hybridized carbons (Fsp3) is 0.462. The van der Waals surface area contributed by atoms with Crippen LogP contribution in [0.4, 0.5) is 0 Å². The predicted octanol–water partition coefficient (Wildman–Crippen LogP) is 1.44. The molecule has 1 aliphatic heterocycles. The van der Waals surface area contributed by atoms with Gasteiger partial charge in [-0.15, -0.1) is 0 Å². The van der Waals surface area contributed by atoms with Gasteiger partial charge in [0.05, 0.1) is 10.6 Å². The van der Waals surface area contributed by atoms with Crippen LogP contribution >= 0.6 is 11.6 Å². The number of halogens is 1. The van der Waals surface area contributed by atoms with Gasteiger partial charge in [0.15, 0.2) is 0 Å². The molecule has 1 atom stereocenters. The molecule has 1 aromatic carbocycles. The van der Waals surface area contributed by atoms with Crippen LogP contribution in [0.3, 0.4) is 0 Å². The minimum Gasteiger partial charge on any atom is -0.319 e. The van der Waals surface area contributed by atoms with Crippen molar-refractivity contribution in [3.8, 4) is 6.07 Å². The van der Waals surface area contributed by atoms with Crippen molar-refractivity contribution in [1.82, 2.24) is 9.62 Å². The molecule has 0 bridgehead atoms. The van der Waals surface area contributed by atoms with Crippen molar-refractivity contribution in [2.75, 3.05) is 26.7 Å². The molecular formula is C13H16ClN3O2S. The number of nitrogens with zero attached hydrogens (tertiary/aromatic N) is 2. The lowest BCUT2D eigenvalue weighted by Crippen LogP contribution is -2.31. The van der Waals surface area contributed by atoms with Crippen LogP contribution in [-0.2, 0) is 10.0 Å². The summed E-state index contributed by atoms with van der Waals surface area (Å²) in [5.74, 6) is 0.305. The van der Waals surface area contributed by atoms with E-state index in [2.05, 4.69) is 5.32 Å². The van der Waals surface area contributed by atoms with Gasteiger partial charge in [0.25, 0.3) is 0 Å². The van der Waals surface area contributed by atoms with Gasteiger partial charge in [0.1, 0.15) is 11.0 Å². The largest absolute Gasteiger partial charge is 0.319 e. The lowest BCUT2D eigenvalue weighted by molar-refractivity contribution is 0.451. The van der Waals surface area contributed by atoms with Gasteiger partial charge in [-0.3, -0.25) is 0 Å². The van der Waals surface area contributed by atoms with Gasteiger partial charge in [-0.05, 0) is 38.1 Å². The summed E-state index contributed by atoms with van der Waals surface area (Å²) in [6.07, 6.45) is 0.822. The number of nitrogens with one attached hydrogen (secondary N) is 1. The van der Waals surface area contributed by atoms with Gasteiger partial charge in [-0.1, -0.05) is 17.7 Å². The molecule has 0 aromatic heterocycles. The molecule has 1 unspecified atom stereocenters. The van der Waals surface area contributed by atoms with E-state index in [-0.39, 0.29) is 15.5 Å². The molecule has 0 saturated carbocycles. The Bertz CT molecular complexity index is 640. The van der Waals surface area contributed by atoms with E-state index in [1.807, 2.05) is 13.1 Å². The maximum absolute atomic E-state index is 12.6. The maximum Gasteiger partial charge on any atom is 0.244 e. The van der Waals surface area contributed by atoms with E-state index in [9.17, 15) is 8.42 Å². The first-order valence-electron chi connectivity index (χ1n) is 6.34. The van der Waals surface area contributed by atoms with Gasteiger partial charge in [-0.25, -0.2) is 8.42 Å². The van der Waals surface area contributed by atoms with E-state index in [0.29, 0.717) is 19.0 Å². The molecule has 1 heterocycles. The fourth-order valence-corrected chi connectivity index (χ4v) is 4.41. The Morgan fingerprint density at radius 2 is 2.30 bits per heavy atom. The van der Waals surface area contributed by atoms with Gasteiger partial charge < -0.3 is 5.32 Å². The summed E-state index contributed by atoms with van der Waals surface area (Å²) in [5.41, 5.74) is 0.0197. The molecule has 0 aliphatic carbocycles. The van der Waals surface area contributed by atoms with Crippen LogP contribution in [0, 0.1) is 17.2 Å². The summed E-state index contributed by atoms with van der Waals surface area (Å²) in [6, 6.07) is 6.39. The zero-order chi connectivity index (χ0) is 14.8. The highest BCUT2D eigenvalue weighted by Gasteiger charge is 2.34. The standard InChI is InChI=1S/C13H16ClN3O2S/c1-16-8-10-5-6-17(9-10)20(18,19)13-4-2-3-12(14)11(13)7-15/h2-4,10,16H,5-6,8-9H2,1H3. The maximum atomic E-state index is 12.6. The Labute approximate surface area is 124 Å². The van der Waals surface area contributed by atoms with Gasteiger partial charge in [-0.2, -0.15) is 9.57 Å². The van der Waals surface area contributed by atoms with Gasteiger partial charge in [0, 0.05) is 13.1 Å². The number of hydrogen-bond acceptors (Lipinski definition) is 4. The smallest absolute Gasteiger partial charge is 0.244 e. The third-order valence-electron chi connectivity index (χ3n) is 3.45. The average molecular weight is 314 g/mol.